The molecule has 0 aromatic carbocycles. The fraction of sp³-hybridized carbons (Fsp3) is 0.231. The maximum Gasteiger partial charge on any atom is 0.279 e. The summed E-state index contributed by atoms with van der Waals surface area (Å²) in [5.41, 5.74) is 0.573. The van der Waals surface area contributed by atoms with E-state index in [0.717, 1.165) is 15.1 Å². The number of fused-ring (bicyclic) bond motifs is 1. The summed E-state index contributed by atoms with van der Waals surface area (Å²) < 4.78 is 3.70. The number of nitrogens with zero attached hydrogens (tertiary/aromatic N) is 2. The molecular formula is C13H12N2OS2. The lowest BCUT2D eigenvalue weighted by molar-refractivity contribution is 0.447. The third kappa shape index (κ3) is 1.62. The van der Waals surface area contributed by atoms with Crippen molar-refractivity contribution in [2.75, 3.05) is 0 Å². The fourth-order valence-corrected chi connectivity index (χ4v) is 4.06. The summed E-state index contributed by atoms with van der Waals surface area (Å²) in [6.45, 7) is 4.05. The van der Waals surface area contributed by atoms with Gasteiger partial charge in [-0.1, -0.05) is 17.6 Å². The van der Waals surface area contributed by atoms with Gasteiger partial charge in [-0.2, -0.15) is 0 Å². The molecule has 0 aliphatic rings. The molecule has 0 spiro atoms. The van der Waals surface area contributed by atoms with Crippen LogP contribution in [-0.4, -0.2) is 8.94 Å². The quantitative estimate of drug-likeness (QED) is 0.720. The molecule has 3 rings (SSSR count). The first-order valence-electron chi connectivity index (χ1n) is 5.62. The molecular weight excluding hydrogens is 264 g/mol. The van der Waals surface area contributed by atoms with Crippen LogP contribution < -0.4 is 5.56 Å². The van der Waals surface area contributed by atoms with E-state index in [9.17, 15) is 4.79 Å². The third-order valence-corrected chi connectivity index (χ3v) is 5.37. The van der Waals surface area contributed by atoms with Gasteiger partial charge in [0.25, 0.3) is 5.56 Å². The van der Waals surface area contributed by atoms with Crippen LogP contribution in [0.25, 0.3) is 9.40 Å². The molecule has 0 fully saturated rings. The Kier molecular flexibility index (Phi) is 2.60. The van der Waals surface area contributed by atoms with Crippen LogP contribution in [0.5, 0.6) is 0 Å². The summed E-state index contributed by atoms with van der Waals surface area (Å²) in [7, 11) is 0. The molecule has 3 aromatic rings. The zero-order valence-corrected chi connectivity index (χ0v) is 11.7. The van der Waals surface area contributed by atoms with Crippen LogP contribution >= 0.6 is 22.9 Å². The Balaban J connectivity index is 2.22. The van der Waals surface area contributed by atoms with E-state index >= 15 is 0 Å². The Morgan fingerprint density at radius 1 is 1.28 bits per heavy atom. The molecule has 92 valence electrons. The molecule has 0 N–H and O–H groups in total. The van der Waals surface area contributed by atoms with Gasteiger partial charge in [0.05, 0.1) is 15.9 Å². The summed E-state index contributed by atoms with van der Waals surface area (Å²) in [5, 5.41) is 1.96. The van der Waals surface area contributed by atoms with Gasteiger partial charge in [-0.15, -0.1) is 11.3 Å². The van der Waals surface area contributed by atoms with E-state index in [1.807, 2.05) is 47.4 Å². The Morgan fingerprint density at radius 3 is 2.78 bits per heavy atom. The Bertz CT molecular complexity index is 737. The summed E-state index contributed by atoms with van der Waals surface area (Å²) in [5.74, 6) is 0. The van der Waals surface area contributed by atoms with Crippen molar-refractivity contribution in [3.05, 3.63) is 51.9 Å². The molecule has 0 bridgehead atoms. The van der Waals surface area contributed by atoms with Gasteiger partial charge in [-0.25, -0.2) is 0 Å². The van der Waals surface area contributed by atoms with Gasteiger partial charge in [-0.3, -0.25) is 13.7 Å². The highest BCUT2D eigenvalue weighted by Crippen LogP contribution is 2.29. The lowest BCUT2D eigenvalue weighted by Crippen LogP contribution is -2.34. The van der Waals surface area contributed by atoms with E-state index < -0.39 is 5.54 Å². The minimum absolute atomic E-state index is 0.0839. The van der Waals surface area contributed by atoms with Crippen molar-refractivity contribution in [2.45, 2.75) is 19.4 Å². The summed E-state index contributed by atoms with van der Waals surface area (Å²) in [4.78, 5) is 16.7. The van der Waals surface area contributed by atoms with Crippen molar-refractivity contribution in [2.24, 2.45) is 0 Å². The number of hydrogen-bond donors (Lipinski definition) is 0. The van der Waals surface area contributed by atoms with Crippen LogP contribution in [0.3, 0.4) is 0 Å². The maximum atomic E-state index is 12.4. The Morgan fingerprint density at radius 2 is 2.11 bits per heavy atom. The molecule has 0 radical (unpaired) electrons. The first-order valence-corrected chi connectivity index (χ1v) is 7.27. The highest BCUT2D eigenvalue weighted by molar-refractivity contribution is 7.24. The molecule has 0 aliphatic heterocycles. The highest BCUT2D eigenvalue weighted by atomic mass is 32.1. The minimum Gasteiger partial charge on any atom is -0.267 e. The van der Waals surface area contributed by atoms with Crippen LogP contribution in [0.1, 0.15) is 19.5 Å². The van der Waals surface area contributed by atoms with Crippen molar-refractivity contribution in [1.82, 2.24) is 8.94 Å². The topological polar surface area (TPSA) is 34.9 Å². The van der Waals surface area contributed by atoms with Gasteiger partial charge in [0.15, 0.2) is 0 Å². The zero-order valence-electron chi connectivity index (χ0n) is 10.1. The van der Waals surface area contributed by atoms with Gasteiger partial charge in [-0.05, 0) is 37.4 Å². The molecule has 3 heterocycles. The second kappa shape index (κ2) is 4.03. The number of aromatic nitrogens is 2. The van der Waals surface area contributed by atoms with E-state index in [1.165, 1.54) is 22.9 Å². The number of rotatable bonds is 2. The molecule has 3 nitrogen and oxygen atoms in total. The molecule has 5 heteroatoms. The van der Waals surface area contributed by atoms with Gasteiger partial charge in [0.2, 0.25) is 0 Å². The second-order valence-electron chi connectivity index (χ2n) is 4.58. The second-order valence-corrected chi connectivity index (χ2v) is 6.48. The van der Waals surface area contributed by atoms with Crippen LogP contribution in [0.2, 0.25) is 0 Å². The Hall–Kier alpha value is -1.46. The molecule has 18 heavy (non-hydrogen) atoms. The van der Waals surface area contributed by atoms with Crippen molar-refractivity contribution in [3.8, 4) is 0 Å². The molecule has 0 saturated heterocycles. The fourth-order valence-electron chi connectivity index (χ4n) is 1.95. The van der Waals surface area contributed by atoms with Crippen LogP contribution in [0.15, 0.2) is 40.6 Å². The van der Waals surface area contributed by atoms with E-state index in [-0.39, 0.29) is 5.56 Å². The number of hydrogen-bond acceptors (Lipinski definition) is 4. The lowest BCUT2D eigenvalue weighted by atomic mass is 10.0. The highest BCUT2D eigenvalue weighted by Gasteiger charge is 2.28. The summed E-state index contributed by atoms with van der Waals surface area (Å²) in [6, 6.07) is 7.79. The number of pyridine rings is 1. The van der Waals surface area contributed by atoms with Crippen molar-refractivity contribution >= 4 is 32.3 Å². The van der Waals surface area contributed by atoms with Crippen molar-refractivity contribution in [3.63, 3.8) is 0 Å². The van der Waals surface area contributed by atoms with Crippen LogP contribution in [0.4, 0.5) is 0 Å². The Labute approximate surface area is 112 Å². The molecule has 0 unspecified atom stereocenters. The smallest absolute Gasteiger partial charge is 0.267 e. The maximum absolute atomic E-state index is 12.4. The molecule has 0 atom stereocenters. The van der Waals surface area contributed by atoms with Crippen LogP contribution in [0, 0.1) is 0 Å². The predicted octanol–water partition coefficient (Wildman–Crippen LogP) is 3.30. The van der Waals surface area contributed by atoms with Gasteiger partial charge < -0.3 is 0 Å². The number of thiophene rings is 1. The lowest BCUT2D eigenvalue weighted by Gasteiger charge is -2.24. The van der Waals surface area contributed by atoms with Crippen molar-refractivity contribution < 1.29 is 0 Å². The molecule has 0 amide bonds. The van der Waals surface area contributed by atoms with Gasteiger partial charge in [0.1, 0.15) is 4.70 Å². The van der Waals surface area contributed by atoms with E-state index in [2.05, 4.69) is 4.98 Å². The standard InChI is InChI=1S/C13H12N2OS2/c1-13(2,10-5-3-4-7-14-10)15-12(16)11-9(18-15)6-8-17-11/h3-8H,1-2H3. The molecule has 3 aromatic heterocycles. The van der Waals surface area contributed by atoms with Gasteiger partial charge >= 0.3 is 0 Å². The summed E-state index contributed by atoms with van der Waals surface area (Å²) in [6.07, 6.45) is 1.76. The minimum atomic E-state index is -0.415. The van der Waals surface area contributed by atoms with E-state index in [4.69, 9.17) is 0 Å². The largest absolute Gasteiger partial charge is 0.279 e. The third-order valence-electron chi connectivity index (χ3n) is 3.00. The van der Waals surface area contributed by atoms with Crippen LogP contribution in [-0.2, 0) is 5.54 Å². The normalized spacial score (nSPS) is 12.1. The summed E-state index contributed by atoms with van der Waals surface area (Å²) >= 11 is 3.01. The average Bonchev–Trinajstić information content (AvgIpc) is 2.94. The zero-order chi connectivity index (χ0) is 12.8. The van der Waals surface area contributed by atoms with E-state index in [0.29, 0.717) is 0 Å². The monoisotopic (exact) mass is 276 g/mol. The predicted molar refractivity (Wildman–Crippen MR) is 76.6 cm³/mol. The van der Waals surface area contributed by atoms with E-state index in [1.54, 1.807) is 6.20 Å². The molecule has 0 aliphatic carbocycles. The SMILES string of the molecule is CC(C)(c1ccccn1)n1sc2ccsc2c1=O. The first-order chi connectivity index (χ1) is 8.60. The van der Waals surface area contributed by atoms with Crippen molar-refractivity contribution in [1.29, 1.82) is 0 Å². The first kappa shape index (κ1) is 11.6. The molecule has 0 saturated carbocycles. The van der Waals surface area contributed by atoms with Gasteiger partial charge in [0, 0.05) is 6.20 Å². The average molecular weight is 276 g/mol.